The second-order valence-electron chi connectivity index (χ2n) is 4.32. The molecule has 0 saturated carbocycles. The predicted molar refractivity (Wildman–Crippen MR) is 86.2 cm³/mol. The zero-order valence-corrected chi connectivity index (χ0v) is 13.8. The van der Waals surface area contributed by atoms with E-state index in [2.05, 4.69) is 26.2 Å². The maximum absolute atomic E-state index is 12.5. The van der Waals surface area contributed by atoms with Gasteiger partial charge in [-0.15, -0.1) is 11.3 Å². The quantitative estimate of drug-likeness (QED) is 0.892. The summed E-state index contributed by atoms with van der Waals surface area (Å²) in [5.74, 6) is 0.585. The van der Waals surface area contributed by atoms with Crippen molar-refractivity contribution < 1.29 is 4.79 Å². The number of carbonyl (C=O) groups excluding carboxylic acids is 1. The van der Waals surface area contributed by atoms with E-state index in [1.165, 1.54) is 0 Å². The summed E-state index contributed by atoms with van der Waals surface area (Å²) >= 11 is 5.01. The molecule has 106 valence electrons. The third kappa shape index (κ3) is 3.58. The van der Waals surface area contributed by atoms with E-state index >= 15 is 0 Å². The average molecular weight is 354 g/mol. The lowest BCUT2D eigenvalue weighted by atomic mass is 10.2. The maximum Gasteiger partial charge on any atom is 0.257 e. The summed E-state index contributed by atoms with van der Waals surface area (Å²) in [6.07, 6.45) is 1.69. The SMILES string of the molecule is CCNc1ncc(Br)cc1C(=O)N(C)Cc1cccs1. The molecule has 2 aromatic rings. The van der Waals surface area contributed by atoms with E-state index in [9.17, 15) is 4.79 Å². The highest BCUT2D eigenvalue weighted by molar-refractivity contribution is 9.10. The summed E-state index contributed by atoms with van der Waals surface area (Å²) in [5, 5.41) is 5.13. The number of nitrogens with one attached hydrogen (secondary N) is 1. The van der Waals surface area contributed by atoms with Gasteiger partial charge in [-0.2, -0.15) is 0 Å². The zero-order valence-electron chi connectivity index (χ0n) is 11.4. The van der Waals surface area contributed by atoms with Gasteiger partial charge in [0.1, 0.15) is 5.82 Å². The number of amides is 1. The first-order valence-corrected chi connectivity index (χ1v) is 7.96. The Morgan fingerprint density at radius 2 is 2.35 bits per heavy atom. The van der Waals surface area contributed by atoms with Crippen LogP contribution >= 0.6 is 27.3 Å². The Kier molecular flexibility index (Phi) is 5.14. The molecule has 0 aromatic carbocycles. The van der Waals surface area contributed by atoms with Crippen molar-refractivity contribution in [3.8, 4) is 0 Å². The van der Waals surface area contributed by atoms with Gasteiger partial charge in [0.2, 0.25) is 0 Å². The van der Waals surface area contributed by atoms with E-state index in [-0.39, 0.29) is 5.91 Å². The van der Waals surface area contributed by atoms with Crippen LogP contribution in [0.15, 0.2) is 34.2 Å². The van der Waals surface area contributed by atoms with Crippen molar-refractivity contribution in [3.05, 3.63) is 44.7 Å². The molecule has 0 unspecified atom stereocenters. The highest BCUT2D eigenvalue weighted by atomic mass is 79.9. The van der Waals surface area contributed by atoms with Crippen LogP contribution in [0.3, 0.4) is 0 Å². The summed E-state index contributed by atoms with van der Waals surface area (Å²) in [4.78, 5) is 19.7. The number of anilines is 1. The molecule has 0 aliphatic heterocycles. The first kappa shape index (κ1) is 15.0. The van der Waals surface area contributed by atoms with Crippen molar-refractivity contribution in [2.45, 2.75) is 13.5 Å². The van der Waals surface area contributed by atoms with Crippen LogP contribution in [0.1, 0.15) is 22.2 Å². The fraction of sp³-hybridized carbons (Fsp3) is 0.286. The molecule has 4 nitrogen and oxygen atoms in total. The van der Waals surface area contributed by atoms with Gasteiger partial charge in [0.15, 0.2) is 0 Å². The summed E-state index contributed by atoms with van der Waals surface area (Å²) in [7, 11) is 1.80. The fourth-order valence-corrected chi connectivity index (χ4v) is 2.91. The van der Waals surface area contributed by atoms with Gasteiger partial charge in [-0.3, -0.25) is 4.79 Å². The van der Waals surface area contributed by atoms with Crippen LogP contribution in [0.4, 0.5) is 5.82 Å². The monoisotopic (exact) mass is 353 g/mol. The molecule has 2 aromatic heterocycles. The van der Waals surface area contributed by atoms with Crippen molar-refractivity contribution in [1.82, 2.24) is 9.88 Å². The molecule has 0 aliphatic carbocycles. The van der Waals surface area contributed by atoms with Crippen LogP contribution in [0, 0.1) is 0 Å². The zero-order chi connectivity index (χ0) is 14.5. The average Bonchev–Trinajstić information content (AvgIpc) is 2.93. The van der Waals surface area contributed by atoms with Gasteiger partial charge in [0.25, 0.3) is 5.91 Å². The van der Waals surface area contributed by atoms with Crippen molar-refractivity contribution in [3.63, 3.8) is 0 Å². The number of carbonyl (C=O) groups is 1. The van der Waals surface area contributed by atoms with Crippen molar-refractivity contribution in [1.29, 1.82) is 0 Å². The minimum atomic E-state index is -0.0387. The third-order valence-electron chi connectivity index (χ3n) is 2.75. The molecular formula is C14H16BrN3OS. The summed E-state index contributed by atoms with van der Waals surface area (Å²) in [5.41, 5.74) is 0.584. The van der Waals surface area contributed by atoms with E-state index in [0.717, 1.165) is 15.9 Å². The lowest BCUT2D eigenvalue weighted by molar-refractivity contribution is 0.0787. The molecule has 0 spiro atoms. The third-order valence-corrected chi connectivity index (χ3v) is 4.04. The Balaban J connectivity index is 2.21. The Morgan fingerprint density at radius 1 is 1.55 bits per heavy atom. The summed E-state index contributed by atoms with van der Waals surface area (Å²) in [6, 6.07) is 5.82. The molecule has 0 saturated heterocycles. The van der Waals surface area contributed by atoms with Gasteiger partial charge in [-0.1, -0.05) is 6.07 Å². The molecule has 1 N–H and O–H groups in total. The minimum Gasteiger partial charge on any atom is -0.370 e. The first-order chi connectivity index (χ1) is 9.61. The largest absolute Gasteiger partial charge is 0.370 e. The number of hydrogen-bond acceptors (Lipinski definition) is 4. The number of aromatic nitrogens is 1. The Labute approximate surface area is 131 Å². The normalized spacial score (nSPS) is 10.3. The summed E-state index contributed by atoms with van der Waals surface area (Å²) < 4.78 is 0.798. The fourth-order valence-electron chi connectivity index (χ4n) is 1.82. The van der Waals surface area contributed by atoms with Gasteiger partial charge < -0.3 is 10.2 Å². The summed E-state index contributed by atoms with van der Waals surface area (Å²) in [6.45, 7) is 3.31. The van der Waals surface area contributed by atoms with Gasteiger partial charge in [-0.05, 0) is 40.4 Å². The molecule has 2 rings (SSSR count). The highest BCUT2D eigenvalue weighted by Gasteiger charge is 2.17. The molecule has 2 heterocycles. The number of hydrogen-bond donors (Lipinski definition) is 1. The topological polar surface area (TPSA) is 45.2 Å². The molecule has 6 heteroatoms. The lowest BCUT2D eigenvalue weighted by Gasteiger charge is -2.18. The number of thiophene rings is 1. The van der Waals surface area contributed by atoms with Gasteiger partial charge >= 0.3 is 0 Å². The van der Waals surface area contributed by atoms with Crippen LogP contribution < -0.4 is 5.32 Å². The Bertz CT molecular complexity index is 586. The molecule has 20 heavy (non-hydrogen) atoms. The van der Waals surface area contributed by atoms with Crippen molar-refractivity contribution in [2.75, 3.05) is 18.9 Å². The van der Waals surface area contributed by atoms with Crippen molar-refractivity contribution in [2.24, 2.45) is 0 Å². The van der Waals surface area contributed by atoms with E-state index in [1.807, 2.05) is 24.4 Å². The minimum absolute atomic E-state index is 0.0387. The first-order valence-electron chi connectivity index (χ1n) is 6.29. The maximum atomic E-state index is 12.5. The van der Waals surface area contributed by atoms with E-state index in [4.69, 9.17) is 0 Å². The molecule has 0 atom stereocenters. The van der Waals surface area contributed by atoms with Crippen LogP contribution in [0.5, 0.6) is 0 Å². The molecule has 0 bridgehead atoms. The van der Waals surface area contributed by atoms with Crippen LogP contribution in [-0.2, 0) is 6.54 Å². The van der Waals surface area contributed by atoms with E-state index in [1.54, 1.807) is 35.5 Å². The standard InChI is InChI=1S/C14H16BrN3OS/c1-3-16-13-12(7-10(15)8-17-13)14(19)18(2)9-11-5-4-6-20-11/h4-8H,3,9H2,1-2H3,(H,16,17). The van der Waals surface area contributed by atoms with Crippen LogP contribution in [0.25, 0.3) is 0 Å². The second-order valence-corrected chi connectivity index (χ2v) is 6.27. The molecule has 0 fully saturated rings. The molecular weight excluding hydrogens is 338 g/mol. The predicted octanol–water partition coefficient (Wildman–Crippen LogP) is 3.61. The lowest BCUT2D eigenvalue weighted by Crippen LogP contribution is -2.27. The van der Waals surface area contributed by atoms with E-state index < -0.39 is 0 Å². The number of halogens is 1. The highest BCUT2D eigenvalue weighted by Crippen LogP contribution is 2.21. The van der Waals surface area contributed by atoms with Crippen LogP contribution in [-0.4, -0.2) is 29.4 Å². The van der Waals surface area contributed by atoms with Gasteiger partial charge in [0.05, 0.1) is 12.1 Å². The second kappa shape index (κ2) is 6.85. The van der Waals surface area contributed by atoms with Gasteiger partial charge in [-0.25, -0.2) is 4.98 Å². The smallest absolute Gasteiger partial charge is 0.257 e. The van der Waals surface area contributed by atoms with E-state index in [0.29, 0.717) is 17.9 Å². The number of nitrogens with zero attached hydrogens (tertiary/aromatic N) is 2. The molecule has 1 amide bonds. The number of pyridine rings is 1. The molecule has 0 aliphatic rings. The Morgan fingerprint density at radius 3 is 3.00 bits per heavy atom. The number of rotatable bonds is 5. The van der Waals surface area contributed by atoms with Gasteiger partial charge in [0, 0.05) is 29.1 Å². The van der Waals surface area contributed by atoms with Crippen molar-refractivity contribution >= 4 is 39.0 Å². The Hall–Kier alpha value is -1.40. The molecule has 0 radical (unpaired) electrons. The van der Waals surface area contributed by atoms with Crippen LogP contribution in [0.2, 0.25) is 0 Å².